The van der Waals surface area contributed by atoms with Crippen molar-refractivity contribution in [2.24, 2.45) is 0 Å². The number of hydrogen-bond acceptors (Lipinski definition) is 4. The predicted molar refractivity (Wildman–Crippen MR) is 101 cm³/mol. The molecule has 7 heteroatoms. The molecule has 1 aromatic carbocycles. The third-order valence-corrected chi connectivity index (χ3v) is 7.04. The number of sulfonamides is 1. The number of nitrogens with one attached hydrogen (secondary N) is 1. The molecule has 0 spiro atoms. The fraction of sp³-hybridized carbons (Fsp3) is 0.526. The van der Waals surface area contributed by atoms with Crippen LogP contribution < -0.4 is 4.72 Å². The highest BCUT2D eigenvalue weighted by Crippen LogP contribution is 2.28. The minimum atomic E-state index is -3.17. The predicted octanol–water partition coefficient (Wildman–Crippen LogP) is 2.14. The first-order chi connectivity index (χ1) is 12.4. The largest absolute Gasteiger partial charge is 0.291 e. The van der Waals surface area contributed by atoms with Gasteiger partial charge in [-0.2, -0.15) is 5.10 Å². The van der Waals surface area contributed by atoms with Crippen molar-refractivity contribution in [2.45, 2.75) is 51.1 Å². The average Bonchev–Trinajstić information content (AvgIpc) is 3.32. The molecule has 0 bridgehead atoms. The first-order valence-corrected chi connectivity index (χ1v) is 10.8. The van der Waals surface area contributed by atoms with Crippen LogP contribution in [-0.4, -0.2) is 41.4 Å². The van der Waals surface area contributed by atoms with Crippen LogP contribution in [0.1, 0.15) is 41.3 Å². The number of nitrogens with zero attached hydrogens (tertiary/aromatic N) is 3. The third kappa shape index (κ3) is 3.84. The molecule has 1 fully saturated rings. The molecule has 140 valence electrons. The zero-order valence-electron chi connectivity index (χ0n) is 15.4. The summed E-state index contributed by atoms with van der Waals surface area (Å²) in [6, 6.07) is 8.68. The van der Waals surface area contributed by atoms with E-state index >= 15 is 0 Å². The Morgan fingerprint density at radius 1 is 1.19 bits per heavy atom. The standard InChI is InChI=1S/C19H26N4O2S/c1-14-7-15(2)9-16(8-14)11-22-12-17-5-6-20-23(17)18(13-22)10-21-26(24,25)19-3-4-19/h5-9,18-19,21H,3-4,10-13H2,1-2H3/t18-/m1/s1. The van der Waals surface area contributed by atoms with Crippen LogP contribution in [0.25, 0.3) is 0 Å². The highest BCUT2D eigenvalue weighted by atomic mass is 32.2. The lowest BCUT2D eigenvalue weighted by Gasteiger charge is -2.34. The molecule has 1 N–H and O–H groups in total. The smallest absolute Gasteiger partial charge is 0.214 e. The van der Waals surface area contributed by atoms with E-state index in [-0.39, 0.29) is 11.3 Å². The van der Waals surface area contributed by atoms with Gasteiger partial charge in [-0.25, -0.2) is 13.1 Å². The van der Waals surface area contributed by atoms with E-state index < -0.39 is 10.0 Å². The molecule has 1 aliphatic heterocycles. The summed E-state index contributed by atoms with van der Waals surface area (Å²) in [6.45, 7) is 7.12. The fourth-order valence-corrected chi connectivity index (χ4v) is 5.28. The quantitative estimate of drug-likeness (QED) is 0.841. The molecule has 1 aliphatic carbocycles. The minimum absolute atomic E-state index is 0.0215. The van der Waals surface area contributed by atoms with Crippen LogP contribution in [0.4, 0.5) is 0 Å². The maximum Gasteiger partial charge on any atom is 0.214 e. The summed E-state index contributed by atoms with van der Waals surface area (Å²) in [5, 5.41) is 4.24. The van der Waals surface area contributed by atoms with E-state index in [2.05, 4.69) is 46.8 Å². The van der Waals surface area contributed by atoms with Crippen molar-refractivity contribution in [3.8, 4) is 0 Å². The SMILES string of the molecule is Cc1cc(C)cc(CN2Cc3ccnn3[C@H](CNS(=O)(=O)C3CC3)C2)c1. The van der Waals surface area contributed by atoms with Crippen LogP contribution in [0.2, 0.25) is 0 Å². The number of aryl methyl sites for hydroxylation is 2. The van der Waals surface area contributed by atoms with Gasteiger partial charge in [0.15, 0.2) is 0 Å². The number of benzene rings is 1. The Labute approximate surface area is 155 Å². The van der Waals surface area contributed by atoms with Crippen molar-refractivity contribution < 1.29 is 8.42 Å². The second-order valence-electron chi connectivity index (χ2n) is 7.68. The molecule has 1 aromatic heterocycles. The second kappa shape index (κ2) is 6.79. The fourth-order valence-electron chi connectivity index (χ4n) is 3.86. The van der Waals surface area contributed by atoms with Crippen molar-refractivity contribution in [1.82, 2.24) is 19.4 Å². The van der Waals surface area contributed by atoms with E-state index in [1.807, 2.05) is 10.7 Å². The highest BCUT2D eigenvalue weighted by Gasteiger charge is 2.36. The minimum Gasteiger partial charge on any atom is -0.291 e. The number of fused-ring (bicyclic) bond motifs is 1. The average molecular weight is 375 g/mol. The van der Waals surface area contributed by atoms with Gasteiger partial charge in [-0.05, 0) is 38.3 Å². The van der Waals surface area contributed by atoms with E-state index in [1.165, 1.54) is 16.7 Å². The van der Waals surface area contributed by atoms with Crippen LogP contribution in [0.15, 0.2) is 30.5 Å². The summed E-state index contributed by atoms with van der Waals surface area (Å²) >= 11 is 0. The molecule has 4 rings (SSSR count). The molecule has 0 radical (unpaired) electrons. The van der Waals surface area contributed by atoms with E-state index in [4.69, 9.17) is 0 Å². The van der Waals surface area contributed by atoms with Gasteiger partial charge in [0, 0.05) is 32.4 Å². The number of hydrogen-bond donors (Lipinski definition) is 1. The molecule has 1 saturated carbocycles. The molecule has 0 amide bonds. The second-order valence-corrected chi connectivity index (χ2v) is 9.72. The Kier molecular flexibility index (Phi) is 4.62. The molecule has 0 saturated heterocycles. The van der Waals surface area contributed by atoms with Crippen molar-refractivity contribution >= 4 is 10.0 Å². The molecule has 6 nitrogen and oxygen atoms in total. The van der Waals surface area contributed by atoms with Crippen LogP contribution in [0.3, 0.4) is 0 Å². The van der Waals surface area contributed by atoms with E-state index in [0.717, 1.165) is 38.2 Å². The first kappa shape index (κ1) is 17.7. The third-order valence-electron chi connectivity index (χ3n) is 5.12. The van der Waals surface area contributed by atoms with E-state index in [1.54, 1.807) is 6.20 Å². The first-order valence-electron chi connectivity index (χ1n) is 9.21. The van der Waals surface area contributed by atoms with Crippen molar-refractivity contribution in [3.05, 3.63) is 52.8 Å². The summed E-state index contributed by atoms with van der Waals surface area (Å²) in [5.41, 5.74) is 4.98. The van der Waals surface area contributed by atoms with Crippen molar-refractivity contribution in [2.75, 3.05) is 13.1 Å². The van der Waals surface area contributed by atoms with Crippen LogP contribution in [-0.2, 0) is 23.1 Å². The molecular formula is C19H26N4O2S. The Morgan fingerprint density at radius 2 is 1.92 bits per heavy atom. The van der Waals surface area contributed by atoms with E-state index in [9.17, 15) is 8.42 Å². The highest BCUT2D eigenvalue weighted by molar-refractivity contribution is 7.90. The molecular weight excluding hydrogens is 348 g/mol. The van der Waals surface area contributed by atoms with Gasteiger partial charge < -0.3 is 0 Å². The topological polar surface area (TPSA) is 67.2 Å². The maximum absolute atomic E-state index is 12.2. The normalized spacial score (nSPS) is 20.9. The van der Waals surface area contributed by atoms with Gasteiger partial charge in [0.25, 0.3) is 0 Å². The summed E-state index contributed by atoms with van der Waals surface area (Å²) in [4.78, 5) is 2.38. The van der Waals surface area contributed by atoms with Gasteiger partial charge in [-0.1, -0.05) is 29.3 Å². The van der Waals surface area contributed by atoms with Gasteiger partial charge in [-0.15, -0.1) is 0 Å². The van der Waals surface area contributed by atoms with Gasteiger partial charge in [0.05, 0.1) is 17.0 Å². The zero-order chi connectivity index (χ0) is 18.3. The molecule has 2 aromatic rings. The van der Waals surface area contributed by atoms with Crippen LogP contribution in [0, 0.1) is 13.8 Å². The number of rotatable bonds is 6. The van der Waals surface area contributed by atoms with Gasteiger partial charge in [-0.3, -0.25) is 9.58 Å². The summed E-state index contributed by atoms with van der Waals surface area (Å²) < 4.78 is 29.1. The molecule has 2 aliphatic rings. The summed E-state index contributed by atoms with van der Waals surface area (Å²) in [6.07, 6.45) is 3.37. The molecule has 26 heavy (non-hydrogen) atoms. The summed E-state index contributed by atoms with van der Waals surface area (Å²) in [5.74, 6) is 0. The van der Waals surface area contributed by atoms with Crippen molar-refractivity contribution in [3.63, 3.8) is 0 Å². The lowest BCUT2D eigenvalue weighted by atomic mass is 10.1. The summed E-state index contributed by atoms with van der Waals surface area (Å²) in [7, 11) is -3.17. The zero-order valence-corrected chi connectivity index (χ0v) is 16.2. The van der Waals surface area contributed by atoms with Crippen LogP contribution >= 0.6 is 0 Å². The van der Waals surface area contributed by atoms with E-state index in [0.29, 0.717) is 6.54 Å². The number of aromatic nitrogens is 2. The molecule has 0 unspecified atom stereocenters. The Morgan fingerprint density at radius 3 is 2.62 bits per heavy atom. The van der Waals surface area contributed by atoms with Crippen LogP contribution in [0.5, 0.6) is 0 Å². The van der Waals surface area contributed by atoms with Crippen molar-refractivity contribution in [1.29, 1.82) is 0 Å². The monoisotopic (exact) mass is 374 g/mol. The van der Waals surface area contributed by atoms with Gasteiger partial charge in [0.1, 0.15) is 0 Å². The van der Waals surface area contributed by atoms with Gasteiger partial charge in [0.2, 0.25) is 10.0 Å². The lowest BCUT2D eigenvalue weighted by molar-refractivity contribution is 0.168. The Hall–Kier alpha value is -1.70. The van der Waals surface area contributed by atoms with Gasteiger partial charge >= 0.3 is 0 Å². The molecule has 1 atom stereocenters. The maximum atomic E-state index is 12.2. The Bertz CT molecular complexity index is 882. The lowest BCUT2D eigenvalue weighted by Crippen LogP contribution is -2.43. The molecule has 2 heterocycles. The Balaban J connectivity index is 1.48.